The van der Waals surface area contributed by atoms with Crippen LogP contribution in [0.4, 0.5) is 0 Å². The van der Waals surface area contributed by atoms with Gasteiger partial charge in [0.05, 0.1) is 10.5 Å². The number of benzene rings is 2. The molecule has 0 aliphatic heterocycles. The van der Waals surface area contributed by atoms with Crippen LogP contribution < -0.4 is 29.6 Å². The minimum absolute atomic E-state index is 0. The fraction of sp³-hybridized carbons (Fsp3) is 0. The molecule has 18 heavy (non-hydrogen) atoms. The third-order valence-electron chi connectivity index (χ3n) is 2.36. The summed E-state index contributed by atoms with van der Waals surface area (Å²) < 4.78 is 30.7. The molecule has 0 atom stereocenters. The minimum Gasteiger partial charge on any atom is -1.00 e. The molecule has 0 aliphatic carbocycles. The van der Waals surface area contributed by atoms with Gasteiger partial charge >= 0.3 is 35.5 Å². The van der Waals surface area contributed by atoms with E-state index in [9.17, 15) is 13.2 Å². The monoisotopic (exact) mass is 276 g/mol. The summed E-state index contributed by atoms with van der Waals surface area (Å²) >= 11 is 0. The summed E-state index contributed by atoms with van der Waals surface area (Å²) in [7, 11) is -4.24. The van der Waals surface area contributed by atoms with Gasteiger partial charge in [-0.3, -0.25) is 4.55 Å². The van der Waals surface area contributed by atoms with E-state index in [4.69, 9.17) is 9.66 Å². The van der Waals surface area contributed by atoms with E-state index in [2.05, 4.69) is 0 Å². The van der Waals surface area contributed by atoms with Crippen LogP contribution >= 0.6 is 0 Å². The van der Waals surface area contributed by atoms with Gasteiger partial charge in [-0.2, -0.15) is 8.42 Å². The average Bonchev–Trinajstić information content (AvgIpc) is 2.26. The summed E-state index contributed by atoms with van der Waals surface area (Å²) in [6, 6.07) is 8.27. The van der Waals surface area contributed by atoms with Gasteiger partial charge in [-0.1, -0.05) is 12.1 Å². The molecule has 0 unspecified atom stereocenters. The Morgan fingerprint density at radius 1 is 1.06 bits per heavy atom. The van der Waals surface area contributed by atoms with Crippen molar-refractivity contribution in [3.8, 4) is 0 Å². The molecule has 0 amide bonds. The second kappa shape index (κ2) is 5.38. The van der Waals surface area contributed by atoms with Gasteiger partial charge in [0.25, 0.3) is 10.1 Å². The van der Waals surface area contributed by atoms with Crippen LogP contribution in [0.5, 0.6) is 0 Å². The van der Waals surface area contributed by atoms with Crippen LogP contribution in [-0.4, -0.2) is 24.0 Å². The van der Waals surface area contributed by atoms with Gasteiger partial charge in [0.2, 0.25) is 0 Å². The standard InChI is InChI=1S/C11H8O5S.Na.H/c12-11(13)9-2-1-8-6-10(17(14,15)16)4-3-7(8)5-9;;/h1-6H,(H,12,13)(H,14,15,16);;/q;+1;-1. The quantitative estimate of drug-likeness (QED) is 0.537. The van der Waals surface area contributed by atoms with E-state index in [1.54, 1.807) is 0 Å². The minimum atomic E-state index is -4.24. The van der Waals surface area contributed by atoms with Gasteiger partial charge in [-0.05, 0) is 35.0 Å². The molecule has 2 rings (SSSR count). The van der Waals surface area contributed by atoms with E-state index in [-0.39, 0.29) is 41.4 Å². The molecule has 0 saturated heterocycles. The molecule has 0 bridgehead atoms. The normalized spacial score (nSPS) is 10.9. The molecule has 0 saturated carbocycles. The Hall–Kier alpha value is -0.920. The van der Waals surface area contributed by atoms with E-state index < -0.39 is 16.1 Å². The smallest absolute Gasteiger partial charge is 1.00 e. The van der Waals surface area contributed by atoms with Crippen molar-refractivity contribution in [3.05, 3.63) is 42.0 Å². The van der Waals surface area contributed by atoms with Crippen molar-refractivity contribution in [2.75, 3.05) is 0 Å². The predicted octanol–water partition coefficient (Wildman–Crippen LogP) is -1.10. The first-order chi connectivity index (χ1) is 7.88. The Kier molecular flexibility index (Phi) is 4.52. The number of hydrogen-bond acceptors (Lipinski definition) is 3. The molecular weight excluding hydrogens is 267 g/mol. The summed E-state index contributed by atoms with van der Waals surface area (Å²) in [4.78, 5) is 10.5. The van der Waals surface area contributed by atoms with E-state index in [1.165, 1.54) is 36.4 Å². The van der Waals surface area contributed by atoms with Crippen molar-refractivity contribution in [1.82, 2.24) is 0 Å². The summed E-state index contributed by atoms with van der Waals surface area (Å²) in [5, 5.41) is 9.93. The van der Waals surface area contributed by atoms with E-state index in [1.807, 2.05) is 0 Å². The van der Waals surface area contributed by atoms with Gasteiger partial charge in [-0.25, -0.2) is 4.79 Å². The second-order valence-corrected chi connectivity index (χ2v) is 4.93. The molecule has 0 fully saturated rings. The molecule has 0 heterocycles. The zero-order chi connectivity index (χ0) is 12.6. The van der Waals surface area contributed by atoms with Crippen LogP contribution in [0, 0.1) is 0 Å². The van der Waals surface area contributed by atoms with E-state index in [0.717, 1.165) is 0 Å². The topological polar surface area (TPSA) is 91.7 Å². The zero-order valence-corrected chi connectivity index (χ0v) is 12.3. The van der Waals surface area contributed by atoms with Gasteiger partial charge in [0.15, 0.2) is 0 Å². The van der Waals surface area contributed by atoms with Crippen LogP contribution in [0.25, 0.3) is 10.8 Å². The molecule has 2 aromatic rings. The van der Waals surface area contributed by atoms with Crippen LogP contribution in [-0.2, 0) is 10.1 Å². The molecular formula is C11H9NaO5S. The number of aromatic carboxylic acids is 1. The van der Waals surface area contributed by atoms with Gasteiger partial charge in [0.1, 0.15) is 0 Å². The Balaban J connectivity index is 0.00000162. The third-order valence-corrected chi connectivity index (χ3v) is 3.21. The van der Waals surface area contributed by atoms with E-state index >= 15 is 0 Å². The van der Waals surface area contributed by atoms with Crippen LogP contribution in [0.15, 0.2) is 41.3 Å². The largest absolute Gasteiger partial charge is 1.00 e. The first-order valence-electron chi connectivity index (χ1n) is 4.62. The summed E-state index contributed by atoms with van der Waals surface area (Å²) in [5.74, 6) is -1.05. The van der Waals surface area contributed by atoms with E-state index in [0.29, 0.717) is 10.8 Å². The van der Waals surface area contributed by atoms with Crippen molar-refractivity contribution < 1.29 is 53.9 Å². The summed E-state index contributed by atoms with van der Waals surface area (Å²) in [6.45, 7) is 0. The SMILES string of the molecule is O=C(O)c1ccc2cc(S(=O)(=O)O)ccc2c1.[H-].[Na+]. The second-order valence-electron chi connectivity index (χ2n) is 3.50. The maximum absolute atomic E-state index is 10.9. The van der Waals surface area contributed by atoms with Crippen LogP contribution in [0.1, 0.15) is 11.8 Å². The maximum Gasteiger partial charge on any atom is 1.00 e. The molecule has 90 valence electrons. The molecule has 0 radical (unpaired) electrons. The zero-order valence-electron chi connectivity index (χ0n) is 10.5. The van der Waals surface area contributed by atoms with Gasteiger partial charge < -0.3 is 6.53 Å². The van der Waals surface area contributed by atoms with Crippen LogP contribution in [0.3, 0.4) is 0 Å². The summed E-state index contributed by atoms with van der Waals surface area (Å²) in [5.41, 5.74) is 0.122. The molecule has 0 aliphatic rings. The number of carbonyl (C=O) groups is 1. The molecule has 0 spiro atoms. The fourth-order valence-corrected chi connectivity index (χ4v) is 2.03. The first-order valence-corrected chi connectivity index (χ1v) is 6.06. The van der Waals surface area contributed by atoms with Gasteiger partial charge in [0, 0.05) is 0 Å². The number of hydrogen-bond donors (Lipinski definition) is 2. The molecule has 0 aromatic heterocycles. The number of carboxylic acid groups (broad SMARTS) is 1. The molecule has 7 heteroatoms. The predicted molar refractivity (Wildman–Crippen MR) is 61.8 cm³/mol. The summed E-state index contributed by atoms with van der Waals surface area (Å²) in [6.07, 6.45) is 0. The van der Waals surface area contributed by atoms with Gasteiger partial charge in [-0.15, -0.1) is 0 Å². The number of fused-ring (bicyclic) bond motifs is 1. The number of carboxylic acids is 1. The average molecular weight is 276 g/mol. The molecule has 2 aromatic carbocycles. The number of rotatable bonds is 2. The molecule has 5 nitrogen and oxygen atoms in total. The molecule has 2 N–H and O–H groups in total. The van der Waals surface area contributed by atoms with Crippen molar-refractivity contribution in [2.45, 2.75) is 4.90 Å². The van der Waals surface area contributed by atoms with Crippen molar-refractivity contribution in [1.29, 1.82) is 0 Å². The third kappa shape index (κ3) is 3.09. The Bertz CT molecular complexity index is 714. The first kappa shape index (κ1) is 15.1. The van der Waals surface area contributed by atoms with Crippen LogP contribution in [0.2, 0.25) is 0 Å². The van der Waals surface area contributed by atoms with Crippen molar-refractivity contribution in [3.63, 3.8) is 0 Å². The van der Waals surface area contributed by atoms with Crippen molar-refractivity contribution in [2.24, 2.45) is 0 Å². The van der Waals surface area contributed by atoms with Crippen molar-refractivity contribution >= 4 is 26.9 Å². The Morgan fingerprint density at radius 3 is 2.17 bits per heavy atom. The fourth-order valence-electron chi connectivity index (χ4n) is 1.52. The maximum atomic E-state index is 10.9. The Morgan fingerprint density at radius 2 is 1.61 bits per heavy atom. The Labute approximate surface area is 127 Å².